The number of nitrogens with two attached hydrogens (primary N) is 1. The number of hydrogen-bond donors (Lipinski definition) is 2. The van der Waals surface area contributed by atoms with Gasteiger partial charge in [0.25, 0.3) is 10.0 Å². The molecular weight excluding hydrogens is 589 g/mol. The first kappa shape index (κ1) is 28.7. The first-order chi connectivity index (χ1) is 20.1. The number of anilines is 1. The van der Waals surface area contributed by atoms with Crippen LogP contribution < -0.4 is 15.2 Å². The predicted molar refractivity (Wildman–Crippen MR) is 150 cm³/mol. The molecule has 0 saturated carbocycles. The zero-order chi connectivity index (χ0) is 29.9. The largest absolute Gasteiger partial charge is 0.455 e. The summed E-state index contributed by atoms with van der Waals surface area (Å²) in [5.41, 5.74) is 7.41. The molecule has 0 unspecified atom stereocenters. The maximum Gasteiger partial charge on any atom is 0.416 e. The molecular formula is C28H19F3N6O3S2. The number of nitrogens with one attached hydrogen (secondary N) is 1. The number of nitriles is 1. The van der Waals surface area contributed by atoms with E-state index in [4.69, 9.17) is 10.5 Å². The monoisotopic (exact) mass is 608 g/mol. The van der Waals surface area contributed by atoms with Gasteiger partial charge in [-0.25, -0.2) is 13.4 Å². The Balaban J connectivity index is 1.56. The first-order valence-corrected chi connectivity index (χ1v) is 14.3. The summed E-state index contributed by atoms with van der Waals surface area (Å²) in [6, 6.07) is 18.9. The Bertz CT molecular complexity index is 1910. The van der Waals surface area contributed by atoms with Gasteiger partial charge in [-0.15, -0.1) is 0 Å². The number of halogens is 3. The fourth-order valence-electron chi connectivity index (χ4n) is 4.02. The Morgan fingerprint density at radius 3 is 2.45 bits per heavy atom. The second-order valence-electron chi connectivity index (χ2n) is 8.75. The number of sulfonamides is 1. The number of hydrogen-bond acceptors (Lipinski definition) is 9. The summed E-state index contributed by atoms with van der Waals surface area (Å²) in [6.45, 7) is 0.150. The highest BCUT2D eigenvalue weighted by Crippen LogP contribution is 2.39. The van der Waals surface area contributed by atoms with Gasteiger partial charge in [0.2, 0.25) is 5.13 Å². The van der Waals surface area contributed by atoms with Crippen LogP contribution in [-0.4, -0.2) is 22.8 Å². The third kappa shape index (κ3) is 6.23. The maximum absolute atomic E-state index is 13.4. The molecule has 0 amide bonds. The van der Waals surface area contributed by atoms with Gasteiger partial charge < -0.3 is 10.5 Å². The highest BCUT2D eigenvalue weighted by molar-refractivity contribution is 7.93. The average Bonchev–Trinajstić information content (AvgIpc) is 3.49. The summed E-state index contributed by atoms with van der Waals surface area (Å²) >= 11 is 0.854. The Morgan fingerprint density at radius 1 is 0.952 bits per heavy atom. The lowest BCUT2D eigenvalue weighted by atomic mass is 9.97. The number of pyridine rings is 1. The SMILES string of the molecule is N#Cc1cc(S(=O)(=O)Nc2ncns2)ccc1Oc1ccc(-c2cccc(C(F)(F)F)c2)cc1-c1ccnc(CN)c1. The molecule has 212 valence electrons. The zero-order valence-corrected chi connectivity index (χ0v) is 23.0. The van der Waals surface area contributed by atoms with Crippen LogP contribution in [0.1, 0.15) is 16.8 Å². The lowest BCUT2D eigenvalue weighted by molar-refractivity contribution is -0.137. The second-order valence-corrected chi connectivity index (χ2v) is 11.2. The van der Waals surface area contributed by atoms with Crippen molar-refractivity contribution in [3.8, 4) is 39.8 Å². The van der Waals surface area contributed by atoms with Gasteiger partial charge in [-0.2, -0.15) is 22.8 Å². The van der Waals surface area contributed by atoms with E-state index in [1.807, 2.05) is 6.07 Å². The summed E-state index contributed by atoms with van der Waals surface area (Å²) < 4.78 is 77.8. The van der Waals surface area contributed by atoms with Crippen LogP contribution in [0.2, 0.25) is 0 Å². The topological polar surface area (TPSA) is 144 Å². The van der Waals surface area contributed by atoms with Crippen LogP contribution in [0.15, 0.2) is 90.2 Å². The molecule has 0 atom stereocenters. The second kappa shape index (κ2) is 11.6. The quantitative estimate of drug-likeness (QED) is 0.212. The van der Waals surface area contributed by atoms with Crippen LogP contribution in [0.5, 0.6) is 11.5 Å². The van der Waals surface area contributed by atoms with E-state index in [9.17, 15) is 26.9 Å². The summed E-state index contributed by atoms with van der Waals surface area (Å²) in [7, 11) is -4.06. The molecule has 42 heavy (non-hydrogen) atoms. The standard InChI is InChI=1S/C28H19F3N6O3S2/c29-28(30,31)21-3-1-2-17(10-21)18-4-6-26(24(13-18)19-8-9-34-22(11-19)15-33)40-25-7-5-23(12-20(25)14-32)42(38,39)37-27-35-16-36-41-27/h1-13,16H,15,33H2,(H,35,36,37). The summed E-state index contributed by atoms with van der Waals surface area (Å²) in [5, 5.41) is 9.87. The van der Waals surface area contributed by atoms with Crippen LogP contribution in [-0.2, 0) is 22.7 Å². The highest BCUT2D eigenvalue weighted by Gasteiger charge is 2.30. The van der Waals surface area contributed by atoms with Crippen molar-refractivity contribution in [3.63, 3.8) is 0 Å². The fourth-order valence-corrected chi connectivity index (χ4v) is 5.71. The molecule has 5 rings (SSSR count). The predicted octanol–water partition coefficient (Wildman–Crippen LogP) is 6.21. The molecule has 14 heteroatoms. The number of alkyl halides is 3. The van der Waals surface area contributed by atoms with Crippen LogP contribution in [0.4, 0.5) is 18.3 Å². The van der Waals surface area contributed by atoms with Gasteiger partial charge in [0, 0.05) is 29.8 Å². The molecule has 0 aliphatic heterocycles. The van der Waals surface area contributed by atoms with Crippen molar-refractivity contribution in [1.29, 1.82) is 5.26 Å². The molecule has 0 bridgehead atoms. The van der Waals surface area contributed by atoms with Gasteiger partial charge in [0.05, 0.1) is 21.7 Å². The number of benzene rings is 3. The molecule has 3 aromatic carbocycles. The Morgan fingerprint density at radius 2 is 1.74 bits per heavy atom. The smallest absolute Gasteiger partial charge is 0.416 e. The third-order valence-electron chi connectivity index (χ3n) is 6.02. The van der Waals surface area contributed by atoms with Crippen molar-refractivity contribution < 1.29 is 26.3 Å². The van der Waals surface area contributed by atoms with Crippen molar-refractivity contribution >= 4 is 26.7 Å². The fraction of sp³-hybridized carbons (Fsp3) is 0.0714. The van der Waals surface area contributed by atoms with Crippen molar-refractivity contribution in [1.82, 2.24) is 14.3 Å². The van der Waals surface area contributed by atoms with Crippen LogP contribution in [0, 0.1) is 11.3 Å². The van der Waals surface area contributed by atoms with E-state index in [1.165, 1.54) is 24.5 Å². The molecule has 3 N–H and O–H groups in total. The normalized spacial score (nSPS) is 11.6. The highest BCUT2D eigenvalue weighted by atomic mass is 32.2. The van der Waals surface area contributed by atoms with Crippen LogP contribution in [0.25, 0.3) is 22.3 Å². The number of ether oxygens (including phenoxy) is 1. The minimum atomic E-state index is -4.51. The molecule has 2 aromatic heterocycles. The minimum absolute atomic E-state index is 0.0635. The third-order valence-corrected chi connectivity index (χ3v) is 8.07. The minimum Gasteiger partial charge on any atom is -0.455 e. The van der Waals surface area contributed by atoms with Gasteiger partial charge in [0.15, 0.2) is 0 Å². The number of nitrogens with zero attached hydrogens (tertiary/aromatic N) is 4. The van der Waals surface area contributed by atoms with Gasteiger partial charge in [-0.05, 0) is 71.3 Å². The zero-order valence-electron chi connectivity index (χ0n) is 21.3. The molecule has 0 spiro atoms. The lowest BCUT2D eigenvalue weighted by Crippen LogP contribution is -2.13. The van der Waals surface area contributed by atoms with Crippen molar-refractivity contribution in [2.75, 3.05) is 4.72 Å². The number of rotatable bonds is 8. The Kier molecular flexibility index (Phi) is 7.90. The van der Waals surface area contributed by atoms with E-state index < -0.39 is 21.8 Å². The van der Waals surface area contributed by atoms with Crippen molar-refractivity contribution in [2.45, 2.75) is 17.6 Å². The molecule has 0 aliphatic rings. The Hall–Kier alpha value is -4.84. The average molecular weight is 609 g/mol. The van der Waals surface area contributed by atoms with Crippen molar-refractivity contribution in [2.24, 2.45) is 5.73 Å². The molecule has 0 saturated heterocycles. The van der Waals surface area contributed by atoms with E-state index >= 15 is 0 Å². The summed E-state index contributed by atoms with van der Waals surface area (Å²) in [4.78, 5) is 7.81. The molecule has 2 heterocycles. The van der Waals surface area contributed by atoms with E-state index in [2.05, 4.69) is 19.1 Å². The Labute approximate surface area is 242 Å². The van der Waals surface area contributed by atoms with Gasteiger partial charge in [-0.3, -0.25) is 9.71 Å². The molecule has 0 fully saturated rings. The van der Waals surface area contributed by atoms with E-state index in [0.717, 1.165) is 29.7 Å². The maximum atomic E-state index is 13.4. The summed E-state index contributed by atoms with van der Waals surface area (Å²) in [6.07, 6.45) is -1.76. The lowest BCUT2D eigenvalue weighted by Gasteiger charge is -2.16. The van der Waals surface area contributed by atoms with Gasteiger partial charge in [0.1, 0.15) is 23.9 Å². The molecule has 0 aliphatic carbocycles. The molecule has 9 nitrogen and oxygen atoms in total. The van der Waals surface area contributed by atoms with Gasteiger partial charge in [-0.1, -0.05) is 18.2 Å². The first-order valence-electron chi connectivity index (χ1n) is 12.1. The van der Waals surface area contributed by atoms with Crippen molar-refractivity contribution in [3.05, 3.63) is 102 Å². The van der Waals surface area contributed by atoms with E-state index in [0.29, 0.717) is 27.9 Å². The van der Waals surface area contributed by atoms with Gasteiger partial charge >= 0.3 is 6.18 Å². The summed E-state index contributed by atoms with van der Waals surface area (Å²) in [5.74, 6) is 0.326. The van der Waals surface area contributed by atoms with E-state index in [1.54, 1.807) is 42.6 Å². The van der Waals surface area contributed by atoms with Crippen LogP contribution >= 0.6 is 11.5 Å². The molecule has 0 radical (unpaired) electrons. The van der Waals surface area contributed by atoms with E-state index in [-0.39, 0.29) is 33.6 Å². The number of aromatic nitrogens is 3. The molecule has 5 aromatic rings. The van der Waals surface area contributed by atoms with Crippen LogP contribution in [0.3, 0.4) is 0 Å².